The lowest BCUT2D eigenvalue weighted by molar-refractivity contribution is 0.0951. The quantitative estimate of drug-likeness (QED) is 0.599. The predicted octanol–water partition coefficient (Wildman–Crippen LogP) is 2.66. The fourth-order valence-electron chi connectivity index (χ4n) is 1.73. The molecule has 0 bridgehead atoms. The summed E-state index contributed by atoms with van der Waals surface area (Å²) in [6.45, 7) is 0.469. The van der Waals surface area contributed by atoms with Gasteiger partial charge in [0.25, 0.3) is 5.91 Å². The second-order valence-electron chi connectivity index (χ2n) is 4.00. The normalized spacial score (nSPS) is 10.0. The van der Waals surface area contributed by atoms with Gasteiger partial charge in [0.1, 0.15) is 0 Å². The molecule has 0 spiro atoms. The number of nitrogen functional groups attached to an aromatic ring is 1. The molecule has 0 aliphatic rings. The van der Waals surface area contributed by atoms with Crippen LogP contribution in [0.5, 0.6) is 0 Å². The molecule has 0 aliphatic heterocycles. The average Bonchev–Trinajstić information content (AvgIpc) is 2.45. The first-order chi connectivity index (χ1) is 9.20. The maximum atomic E-state index is 12.1. The van der Waals surface area contributed by atoms with Crippen LogP contribution in [0.3, 0.4) is 0 Å². The number of hydrazine groups is 1. The number of amides is 1. The minimum absolute atomic E-state index is 0.159. The molecule has 98 valence electrons. The van der Waals surface area contributed by atoms with Crippen LogP contribution in [0.1, 0.15) is 15.9 Å². The smallest absolute Gasteiger partial charge is 0.253 e. The Kier molecular flexibility index (Phi) is 4.54. The highest BCUT2D eigenvalue weighted by atomic mass is 79.9. The van der Waals surface area contributed by atoms with E-state index in [4.69, 9.17) is 5.84 Å². The highest BCUT2D eigenvalue weighted by Crippen LogP contribution is 2.14. The van der Waals surface area contributed by atoms with E-state index in [9.17, 15) is 4.79 Å². The number of nitrogens with one attached hydrogen (secondary N) is 2. The second-order valence-corrected chi connectivity index (χ2v) is 4.92. The van der Waals surface area contributed by atoms with E-state index in [0.717, 1.165) is 10.0 Å². The molecule has 0 saturated heterocycles. The van der Waals surface area contributed by atoms with Crippen LogP contribution in [-0.4, -0.2) is 5.91 Å². The molecule has 0 fully saturated rings. The zero-order valence-corrected chi connectivity index (χ0v) is 11.8. The van der Waals surface area contributed by atoms with Gasteiger partial charge < -0.3 is 10.7 Å². The van der Waals surface area contributed by atoms with E-state index >= 15 is 0 Å². The van der Waals surface area contributed by atoms with Crippen LogP contribution in [0.2, 0.25) is 0 Å². The molecule has 4 nitrogen and oxygen atoms in total. The van der Waals surface area contributed by atoms with Crippen molar-refractivity contribution < 1.29 is 4.79 Å². The molecular formula is C14H14BrN3O. The van der Waals surface area contributed by atoms with Gasteiger partial charge in [-0.2, -0.15) is 0 Å². The Bertz CT molecular complexity index is 586. The Balaban J connectivity index is 2.05. The fraction of sp³-hybridized carbons (Fsp3) is 0.0714. The minimum Gasteiger partial charge on any atom is -0.348 e. The van der Waals surface area contributed by atoms with Crippen molar-refractivity contribution in [1.29, 1.82) is 0 Å². The van der Waals surface area contributed by atoms with Crippen LogP contribution in [-0.2, 0) is 6.54 Å². The molecule has 5 heteroatoms. The van der Waals surface area contributed by atoms with Crippen LogP contribution in [0.25, 0.3) is 0 Å². The summed E-state index contributed by atoms with van der Waals surface area (Å²) in [5.41, 5.74) is 4.68. The maximum absolute atomic E-state index is 12.1. The summed E-state index contributed by atoms with van der Waals surface area (Å²) in [5.74, 6) is 5.22. The van der Waals surface area contributed by atoms with Gasteiger partial charge in [0, 0.05) is 11.0 Å². The van der Waals surface area contributed by atoms with E-state index in [1.165, 1.54) is 0 Å². The molecule has 0 atom stereocenters. The van der Waals surface area contributed by atoms with E-state index in [2.05, 4.69) is 26.7 Å². The number of para-hydroxylation sites is 1. The molecule has 4 N–H and O–H groups in total. The first-order valence-corrected chi connectivity index (χ1v) is 6.58. The topological polar surface area (TPSA) is 67.1 Å². The van der Waals surface area contributed by atoms with Crippen molar-refractivity contribution in [3.63, 3.8) is 0 Å². The number of anilines is 1. The van der Waals surface area contributed by atoms with Gasteiger partial charge in [-0.25, -0.2) is 0 Å². The van der Waals surface area contributed by atoms with Gasteiger partial charge >= 0.3 is 0 Å². The van der Waals surface area contributed by atoms with Crippen molar-refractivity contribution in [1.82, 2.24) is 5.32 Å². The molecule has 0 unspecified atom stereocenters. The molecule has 2 aromatic carbocycles. The zero-order valence-electron chi connectivity index (χ0n) is 10.2. The summed E-state index contributed by atoms with van der Waals surface area (Å²) in [6.07, 6.45) is 0. The number of hydrogen-bond acceptors (Lipinski definition) is 3. The first-order valence-electron chi connectivity index (χ1n) is 5.79. The van der Waals surface area contributed by atoms with Crippen molar-refractivity contribution in [3.05, 3.63) is 64.1 Å². The summed E-state index contributed by atoms with van der Waals surface area (Å²) >= 11 is 3.40. The molecule has 0 aromatic heterocycles. The number of carbonyl (C=O) groups excluding carboxylic acids is 1. The van der Waals surface area contributed by atoms with Gasteiger partial charge in [-0.1, -0.05) is 40.2 Å². The molecule has 0 saturated carbocycles. The Hall–Kier alpha value is -1.85. The van der Waals surface area contributed by atoms with Crippen molar-refractivity contribution in [2.24, 2.45) is 5.84 Å². The molecule has 2 rings (SSSR count). The van der Waals surface area contributed by atoms with Gasteiger partial charge in [0.05, 0.1) is 11.3 Å². The number of halogens is 1. The third-order valence-corrected chi connectivity index (χ3v) is 3.16. The Labute approximate surface area is 120 Å². The highest BCUT2D eigenvalue weighted by molar-refractivity contribution is 9.10. The largest absolute Gasteiger partial charge is 0.348 e. The van der Waals surface area contributed by atoms with Crippen LogP contribution in [0.4, 0.5) is 5.69 Å². The number of benzene rings is 2. The van der Waals surface area contributed by atoms with Crippen LogP contribution in [0.15, 0.2) is 53.0 Å². The number of nitrogens with two attached hydrogens (primary N) is 1. The van der Waals surface area contributed by atoms with Gasteiger partial charge in [-0.3, -0.25) is 10.6 Å². The first kappa shape index (κ1) is 13.6. The highest BCUT2D eigenvalue weighted by Gasteiger charge is 2.09. The third kappa shape index (κ3) is 3.56. The Morgan fingerprint density at radius 1 is 1.16 bits per heavy atom. The molecule has 2 aromatic rings. The summed E-state index contributed by atoms with van der Waals surface area (Å²) in [7, 11) is 0. The van der Waals surface area contributed by atoms with Crippen LogP contribution in [0, 0.1) is 0 Å². The van der Waals surface area contributed by atoms with E-state index in [0.29, 0.717) is 17.8 Å². The van der Waals surface area contributed by atoms with Gasteiger partial charge in [-0.15, -0.1) is 0 Å². The maximum Gasteiger partial charge on any atom is 0.253 e. The summed E-state index contributed by atoms with van der Waals surface area (Å²) in [4.78, 5) is 12.1. The minimum atomic E-state index is -0.159. The van der Waals surface area contributed by atoms with Crippen LogP contribution >= 0.6 is 15.9 Å². The Morgan fingerprint density at radius 2 is 1.95 bits per heavy atom. The zero-order chi connectivity index (χ0) is 13.7. The number of rotatable bonds is 4. The summed E-state index contributed by atoms with van der Waals surface area (Å²) in [5, 5.41) is 2.86. The fourth-order valence-corrected chi connectivity index (χ4v) is 2.18. The molecule has 0 aliphatic carbocycles. The molecule has 0 heterocycles. The monoisotopic (exact) mass is 319 g/mol. The lowest BCUT2D eigenvalue weighted by Gasteiger charge is -2.09. The standard InChI is InChI=1S/C14H14BrN3O/c15-11-5-3-4-10(8-11)9-17-14(19)12-6-1-2-7-13(12)18-16/h1-8,18H,9,16H2,(H,17,19). The predicted molar refractivity (Wildman–Crippen MR) is 79.6 cm³/mol. The SMILES string of the molecule is NNc1ccccc1C(=O)NCc1cccc(Br)c1. The van der Waals surface area contributed by atoms with E-state index < -0.39 is 0 Å². The number of hydrogen-bond donors (Lipinski definition) is 3. The molecule has 0 radical (unpaired) electrons. The van der Waals surface area contributed by atoms with Crippen molar-refractivity contribution in [3.8, 4) is 0 Å². The van der Waals surface area contributed by atoms with Crippen LogP contribution < -0.4 is 16.6 Å². The Morgan fingerprint density at radius 3 is 2.68 bits per heavy atom. The third-order valence-electron chi connectivity index (χ3n) is 2.67. The molecule has 19 heavy (non-hydrogen) atoms. The van der Waals surface area contributed by atoms with E-state index in [1.54, 1.807) is 18.2 Å². The molecule has 1 amide bonds. The van der Waals surface area contributed by atoms with Gasteiger partial charge in [0.15, 0.2) is 0 Å². The molecular weight excluding hydrogens is 306 g/mol. The lowest BCUT2D eigenvalue weighted by Crippen LogP contribution is -2.24. The van der Waals surface area contributed by atoms with Gasteiger partial charge in [-0.05, 0) is 29.8 Å². The second kappa shape index (κ2) is 6.36. The summed E-state index contributed by atoms with van der Waals surface area (Å²) in [6, 6.07) is 14.9. The van der Waals surface area contributed by atoms with E-state index in [-0.39, 0.29) is 5.91 Å². The van der Waals surface area contributed by atoms with Crippen molar-refractivity contribution in [2.45, 2.75) is 6.54 Å². The van der Waals surface area contributed by atoms with E-state index in [1.807, 2.05) is 30.3 Å². The average molecular weight is 320 g/mol. The van der Waals surface area contributed by atoms with Gasteiger partial charge in [0.2, 0.25) is 0 Å². The summed E-state index contributed by atoms with van der Waals surface area (Å²) < 4.78 is 0.989. The van der Waals surface area contributed by atoms with Crippen molar-refractivity contribution >= 4 is 27.5 Å². The lowest BCUT2D eigenvalue weighted by atomic mass is 10.1. The van der Waals surface area contributed by atoms with Crippen molar-refractivity contribution in [2.75, 3.05) is 5.43 Å². The number of carbonyl (C=O) groups is 1.